The summed E-state index contributed by atoms with van der Waals surface area (Å²) in [6.45, 7) is 3.52. The van der Waals surface area contributed by atoms with Crippen LogP contribution in [0.1, 0.15) is 25.5 Å². The fraction of sp³-hybridized carbons (Fsp3) is 0.300. The number of hydrogen-bond acceptors (Lipinski definition) is 6. The minimum atomic E-state index is -0.982. The molecule has 0 radical (unpaired) electrons. The molecule has 0 unspecified atom stereocenters. The minimum Gasteiger partial charge on any atom is -0.277 e. The number of fused-ring (bicyclic) bond motifs is 1. The van der Waals surface area contributed by atoms with Crippen molar-refractivity contribution in [2.75, 3.05) is 5.06 Å². The molecule has 2 aliphatic heterocycles. The van der Waals surface area contributed by atoms with Crippen molar-refractivity contribution in [2.24, 2.45) is 5.92 Å². The third-order valence-electron chi connectivity index (χ3n) is 5.17. The van der Waals surface area contributed by atoms with Gasteiger partial charge >= 0.3 is 0 Å². The number of carbonyl (C=O) groups is 2. The van der Waals surface area contributed by atoms with Gasteiger partial charge in [-0.3, -0.25) is 29.4 Å². The Kier molecular flexibility index (Phi) is 4.76. The van der Waals surface area contributed by atoms with E-state index in [4.69, 9.17) is 16.4 Å². The first-order valence-corrected chi connectivity index (χ1v) is 9.50. The quantitative estimate of drug-likeness (QED) is 0.431. The third kappa shape index (κ3) is 3.14. The molecule has 8 nitrogen and oxygen atoms in total. The van der Waals surface area contributed by atoms with E-state index in [-0.39, 0.29) is 17.6 Å². The highest BCUT2D eigenvalue weighted by Crippen LogP contribution is 2.47. The van der Waals surface area contributed by atoms with Gasteiger partial charge in [0.15, 0.2) is 6.10 Å². The van der Waals surface area contributed by atoms with Gasteiger partial charge in [0.1, 0.15) is 5.92 Å². The maximum Gasteiger partial charge on any atom is 0.269 e. The lowest BCUT2D eigenvalue weighted by Crippen LogP contribution is -2.41. The van der Waals surface area contributed by atoms with Crippen LogP contribution in [0.4, 0.5) is 11.4 Å². The number of imide groups is 1. The Morgan fingerprint density at radius 1 is 1.10 bits per heavy atom. The maximum atomic E-state index is 13.1. The molecular formula is C20H18ClN3O5. The Labute approximate surface area is 171 Å². The van der Waals surface area contributed by atoms with Crippen molar-refractivity contribution in [1.82, 2.24) is 4.90 Å². The van der Waals surface area contributed by atoms with Crippen LogP contribution in [0.2, 0.25) is 5.02 Å². The second kappa shape index (κ2) is 7.13. The number of anilines is 1. The highest BCUT2D eigenvalue weighted by molar-refractivity contribution is 6.30. The summed E-state index contributed by atoms with van der Waals surface area (Å²) in [5.41, 5.74) is 1.02. The number of halogens is 1. The molecule has 9 heteroatoms. The Hall–Kier alpha value is -2.97. The molecule has 0 aliphatic carbocycles. The van der Waals surface area contributed by atoms with E-state index < -0.39 is 28.9 Å². The van der Waals surface area contributed by atoms with E-state index in [9.17, 15) is 19.7 Å². The molecule has 2 aliphatic rings. The van der Waals surface area contributed by atoms with Crippen LogP contribution in [0.5, 0.6) is 0 Å². The van der Waals surface area contributed by atoms with Crippen LogP contribution in [-0.4, -0.2) is 33.8 Å². The smallest absolute Gasteiger partial charge is 0.269 e. The summed E-state index contributed by atoms with van der Waals surface area (Å²) in [7, 11) is 0. The largest absolute Gasteiger partial charge is 0.277 e. The number of nitrogens with zero attached hydrogens (tertiary/aromatic N) is 3. The molecule has 2 heterocycles. The number of nitro groups is 1. The van der Waals surface area contributed by atoms with Gasteiger partial charge in [-0.15, -0.1) is 0 Å². The van der Waals surface area contributed by atoms with E-state index in [1.807, 2.05) is 0 Å². The van der Waals surface area contributed by atoms with Crippen LogP contribution >= 0.6 is 11.6 Å². The van der Waals surface area contributed by atoms with E-state index in [1.54, 1.807) is 50.2 Å². The number of rotatable bonds is 4. The van der Waals surface area contributed by atoms with Crippen molar-refractivity contribution < 1.29 is 19.3 Å². The summed E-state index contributed by atoms with van der Waals surface area (Å²) in [5.74, 6) is -1.55. The van der Waals surface area contributed by atoms with Crippen LogP contribution in [-0.2, 0) is 14.4 Å². The summed E-state index contributed by atoms with van der Waals surface area (Å²) in [4.78, 5) is 43.9. The number of benzene rings is 2. The molecule has 0 saturated carbocycles. The Morgan fingerprint density at radius 3 is 2.41 bits per heavy atom. The first-order chi connectivity index (χ1) is 13.8. The van der Waals surface area contributed by atoms with Gasteiger partial charge in [-0.05, 0) is 43.7 Å². The molecule has 0 aromatic heterocycles. The molecule has 2 fully saturated rings. The van der Waals surface area contributed by atoms with Gasteiger partial charge in [0, 0.05) is 23.2 Å². The zero-order valence-corrected chi connectivity index (χ0v) is 16.4. The monoisotopic (exact) mass is 415 g/mol. The van der Waals surface area contributed by atoms with Crippen LogP contribution in [0, 0.1) is 16.0 Å². The Balaban J connectivity index is 1.82. The van der Waals surface area contributed by atoms with E-state index in [2.05, 4.69) is 0 Å². The van der Waals surface area contributed by atoms with E-state index in [0.717, 1.165) is 0 Å². The number of non-ortho nitro benzene ring substituents is 1. The molecule has 2 amide bonds. The van der Waals surface area contributed by atoms with Crippen molar-refractivity contribution in [3.8, 4) is 0 Å². The highest BCUT2D eigenvalue weighted by atomic mass is 35.5. The van der Waals surface area contributed by atoms with Gasteiger partial charge in [0.05, 0.1) is 16.7 Å². The summed E-state index contributed by atoms with van der Waals surface area (Å²) in [5, 5.41) is 13.3. The molecule has 0 N–H and O–H groups in total. The summed E-state index contributed by atoms with van der Waals surface area (Å²) in [6.07, 6.45) is -0.982. The number of amides is 2. The molecule has 2 aromatic rings. The first-order valence-electron chi connectivity index (χ1n) is 9.12. The molecule has 4 rings (SSSR count). The lowest BCUT2D eigenvalue weighted by Gasteiger charge is -2.29. The highest BCUT2D eigenvalue weighted by Gasteiger charge is 2.60. The van der Waals surface area contributed by atoms with Crippen LogP contribution in [0.15, 0.2) is 48.5 Å². The summed E-state index contributed by atoms with van der Waals surface area (Å²) < 4.78 is 0. The number of hydroxylamine groups is 1. The fourth-order valence-corrected chi connectivity index (χ4v) is 4.04. The van der Waals surface area contributed by atoms with Crippen molar-refractivity contribution in [3.63, 3.8) is 0 Å². The number of hydrogen-bond donors (Lipinski definition) is 0. The topological polar surface area (TPSA) is 93.0 Å². The zero-order valence-electron chi connectivity index (χ0n) is 15.7. The molecule has 29 heavy (non-hydrogen) atoms. The van der Waals surface area contributed by atoms with E-state index >= 15 is 0 Å². The second-order valence-corrected chi connectivity index (χ2v) is 7.73. The van der Waals surface area contributed by atoms with Crippen LogP contribution in [0.25, 0.3) is 0 Å². The molecule has 2 saturated heterocycles. The second-order valence-electron chi connectivity index (χ2n) is 7.29. The number of nitro benzene ring substituents is 1. The van der Waals surface area contributed by atoms with Crippen LogP contribution < -0.4 is 5.06 Å². The SMILES string of the molecule is CC(C)N1C(=O)[C@H]2[C@H](ON(c3ccc(Cl)cc3)[C@H]2c2cccc([N+](=O)[O-])c2)C1=O. The van der Waals surface area contributed by atoms with Crippen LogP contribution in [0.3, 0.4) is 0 Å². The average molecular weight is 416 g/mol. The predicted octanol–water partition coefficient (Wildman–Crippen LogP) is 3.50. The molecule has 2 aromatic carbocycles. The van der Waals surface area contributed by atoms with Gasteiger partial charge in [0.25, 0.3) is 11.6 Å². The van der Waals surface area contributed by atoms with Crippen molar-refractivity contribution in [3.05, 3.63) is 69.2 Å². The van der Waals surface area contributed by atoms with Gasteiger partial charge < -0.3 is 0 Å². The predicted molar refractivity (Wildman–Crippen MR) is 105 cm³/mol. The summed E-state index contributed by atoms with van der Waals surface area (Å²) in [6, 6.07) is 11.8. The van der Waals surface area contributed by atoms with Gasteiger partial charge in [-0.2, -0.15) is 0 Å². The Bertz CT molecular complexity index is 994. The maximum absolute atomic E-state index is 13.1. The average Bonchev–Trinajstić information content (AvgIpc) is 3.19. The molecule has 3 atom stereocenters. The number of carbonyl (C=O) groups excluding carboxylic acids is 2. The van der Waals surface area contributed by atoms with E-state index in [1.165, 1.54) is 22.1 Å². The van der Waals surface area contributed by atoms with Crippen molar-refractivity contribution in [1.29, 1.82) is 0 Å². The summed E-state index contributed by atoms with van der Waals surface area (Å²) >= 11 is 5.97. The Morgan fingerprint density at radius 2 is 1.79 bits per heavy atom. The molecule has 0 bridgehead atoms. The lowest BCUT2D eigenvalue weighted by atomic mass is 9.90. The lowest BCUT2D eigenvalue weighted by molar-refractivity contribution is -0.384. The van der Waals surface area contributed by atoms with Crippen molar-refractivity contribution >= 4 is 34.8 Å². The van der Waals surface area contributed by atoms with Gasteiger partial charge in [-0.1, -0.05) is 23.7 Å². The minimum absolute atomic E-state index is 0.0977. The molecule has 0 spiro atoms. The van der Waals surface area contributed by atoms with Gasteiger partial charge in [0.2, 0.25) is 5.91 Å². The molecule has 150 valence electrons. The molecular weight excluding hydrogens is 398 g/mol. The van der Waals surface area contributed by atoms with E-state index in [0.29, 0.717) is 16.3 Å². The standard InChI is InChI=1S/C20H18ClN3O5/c1-11(2)22-19(25)16-17(12-4-3-5-15(10-12)24(27)28)23(29-18(16)20(22)26)14-8-6-13(21)7-9-14/h3-11,16-18H,1-2H3/t16-,17+,18+/m1/s1. The van der Waals surface area contributed by atoms with Gasteiger partial charge in [-0.25, -0.2) is 5.06 Å². The first kappa shape index (κ1) is 19.4. The third-order valence-corrected chi connectivity index (χ3v) is 5.42. The van der Waals surface area contributed by atoms with Crippen molar-refractivity contribution in [2.45, 2.75) is 32.0 Å². The fourth-order valence-electron chi connectivity index (χ4n) is 3.92. The zero-order chi connectivity index (χ0) is 20.9. The number of likely N-dealkylation sites (tertiary alicyclic amines) is 1. The normalized spacial score (nSPS) is 23.8.